The van der Waals surface area contributed by atoms with Gasteiger partial charge in [-0.3, -0.25) is 4.79 Å². The first-order chi connectivity index (χ1) is 9.11. The van der Waals surface area contributed by atoms with Crippen molar-refractivity contribution in [2.24, 2.45) is 0 Å². The number of carbonyl (C=O) groups is 1. The van der Waals surface area contributed by atoms with Gasteiger partial charge in [0.25, 0.3) is 0 Å². The van der Waals surface area contributed by atoms with Crippen LogP contribution in [-0.2, 0) is 4.79 Å². The molecule has 0 atom stereocenters. The molecular formula is C15H12F2O2. The van der Waals surface area contributed by atoms with Crippen molar-refractivity contribution in [3.8, 4) is 16.9 Å². The molecule has 2 aromatic rings. The summed E-state index contributed by atoms with van der Waals surface area (Å²) < 4.78 is 32.3. The lowest BCUT2D eigenvalue weighted by Crippen LogP contribution is -2.05. The first kappa shape index (κ1) is 13.2. The maximum atomic E-state index is 13.6. The van der Waals surface area contributed by atoms with Crippen molar-refractivity contribution in [3.63, 3.8) is 0 Å². The number of ether oxygens (including phenoxy) is 1. The Labute approximate surface area is 109 Å². The zero-order valence-corrected chi connectivity index (χ0v) is 10.3. The summed E-state index contributed by atoms with van der Waals surface area (Å²) in [4.78, 5) is 11.2. The van der Waals surface area contributed by atoms with Gasteiger partial charge in [0, 0.05) is 6.42 Å². The van der Waals surface area contributed by atoms with Crippen molar-refractivity contribution >= 4 is 5.97 Å². The number of carbonyl (C=O) groups excluding carboxylic acids is 1. The molecule has 2 aromatic carbocycles. The minimum absolute atomic E-state index is 0.128. The fraction of sp³-hybridized carbons (Fsp3) is 0.133. The molecule has 98 valence electrons. The number of rotatable bonds is 3. The van der Waals surface area contributed by atoms with E-state index in [0.29, 0.717) is 5.56 Å². The van der Waals surface area contributed by atoms with Gasteiger partial charge in [0.05, 0.1) is 5.56 Å². The Morgan fingerprint density at radius 1 is 1.11 bits per heavy atom. The Morgan fingerprint density at radius 3 is 2.37 bits per heavy atom. The van der Waals surface area contributed by atoms with Crippen LogP contribution in [-0.4, -0.2) is 5.97 Å². The molecule has 0 aliphatic carbocycles. The van der Waals surface area contributed by atoms with Gasteiger partial charge in [-0.2, -0.15) is 0 Å². The monoisotopic (exact) mass is 262 g/mol. The second-order valence-corrected chi connectivity index (χ2v) is 3.95. The van der Waals surface area contributed by atoms with E-state index in [1.54, 1.807) is 25.1 Å². The van der Waals surface area contributed by atoms with Crippen LogP contribution in [0.3, 0.4) is 0 Å². The Hall–Kier alpha value is -2.23. The maximum absolute atomic E-state index is 13.6. The summed E-state index contributed by atoms with van der Waals surface area (Å²) in [5, 5.41) is 0. The Kier molecular flexibility index (Phi) is 3.90. The molecular weight excluding hydrogens is 250 g/mol. The van der Waals surface area contributed by atoms with E-state index in [9.17, 15) is 13.6 Å². The highest BCUT2D eigenvalue weighted by Crippen LogP contribution is 2.28. The summed E-state index contributed by atoms with van der Waals surface area (Å²) in [6.07, 6.45) is 0.234. The lowest BCUT2D eigenvalue weighted by atomic mass is 10.0. The molecule has 0 fully saturated rings. The molecule has 0 saturated heterocycles. The smallest absolute Gasteiger partial charge is 0.310 e. The number of halogens is 2. The molecule has 0 aliphatic rings. The van der Waals surface area contributed by atoms with Gasteiger partial charge < -0.3 is 4.74 Å². The van der Waals surface area contributed by atoms with Crippen LogP contribution in [0.4, 0.5) is 8.78 Å². The van der Waals surface area contributed by atoms with Crippen LogP contribution in [0.2, 0.25) is 0 Å². The topological polar surface area (TPSA) is 26.3 Å². The van der Waals surface area contributed by atoms with E-state index in [1.807, 2.05) is 0 Å². The molecule has 0 radical (unpaired) electrons. The van der Waals surface area contributed by atoms with Gasteiger partial charge in [-0.25, -0.2) is 8.78 Å². The van der Waals surface area contributed by atoms with Crippen LogP contribution in [0.15, 0.2) is 42.5 Å². The summed E-state index contributed by atoms with van der Waals surface area (Å²) in [6.45, 7) is 1.67. The average Bonchev–Trinajstić information content (AvgIpc) is 2.39. The van der Waals surface area contributed by atoms with Crippen LogP contribution >= 0.6 is 0 Å². The highest BCUT2D eigenvalue weighted by molar-refractivity contribution is 5.73. The van der Waals surface area contributed by atoms with Crippen LogP contribution in [0.1, 0.15) is 13.3 Å². The predicted molar refractivity (Wildman–Crippen MR) is 67.7 cm³/mol. The number of benzene rings is 2. The van der Waals surface area contributed by atoms with Crippen LogP contribution in [0.5, 0.6) is 5.75 Å². The molecule has 0 aliphatic heterocycles. The molecule has 0 aromatic heterocycles. The second-order valence-electron chi connectivity index (χ2n) is 3.95. The highest BCUT2D eigenvalue weighted by atomic mass is 19.1. The number of hydrogen-bond donors (Lipinski definition) is 0. The summed E-state index contributed by atoms with van der Waals surface area (Å²) in [5.74, 6) is -1.43. The van der Waals surface area contributed by atoms with Gasteiger partial charge >= 0.3 is 5.97 Å². The standard InChI is InChI=1S/C15H12F2O2/c1-2-14(18)19-11-6-3-5-10(9-11)15-12(16)7-4-8-13(15)17/h3-9H,2H2,1H3. The van der Waals surface area contributed by atoms with Crippen molar-refractivity contribution in [3.05, 3.63) is 54.1 Å². The molecule has 0 saturated carbocycles. The van der Waals surface area contributed by atoms with E-state index in [2.05, 4.69) is 0 Å². The predicted octanol–water partition coefficient (Wildman–Crippen LogP) is 3.95. The number of esters is 1. The largest absolute Gasteiger partial charge is 0.427 e. The van der Waals surface area contributed by atoms with E-state index in [0.717, 1.165) is 0 Å². The van der Waals surface area contributed by atoms with E-state index >= 15 is 0 Å². The van der Waals surface area contributed by atoms with E-state index in [1.165, 1.54) is 24.3 Å². The third-order valence-electron chi connectivity index (χ3n) is 2.61. The lowest BCUT2D eigenvalue weighted by molar-refractivity contribution is -0.134. The quantitative estimate of drug-likeness (QED) is 0.618. The maximum Gasteiger partial charge on any atom is 0.310 e. The van der Waals surface area contributed by atoms with Gasteiger partial charge in [-0.05, 0) is 29.8 Å². The zero-order valence-electron chi connectivity index (χ0n) is 10.3. The molecule has 0 amide bonds. The first-order valence-electron chi connectivity index (χ1n) is 5.87. The SMILES string of the molecule is CCC(=O)Oc1cccc(-c2c(F)cccc2F)c1. The lowest BCUT2D eigenvalue weighted by Gasteiger charge is -2.07. The molecule has 2 nitrogen and oxygen atoms in total. The van der Waals surface area contributed by atoms with Crippen molar-refractivity contribution in [2.75, 3.05) is 0 Å². The van der Waals surface area contributed by atoms with Crippen molar-refractivity contribution in [1.82, 2.24) is 0 Å². The molecule has 0 spiro atoms. The van der Waals surface area contributed by atoms with Gasteiger partial charge in [-0.15, -0.1) is 0 Å². The fourth-order valence-electron chi connectivity index (χ4n) is 1.69. The van der Waals surface area contributed by atoms with Gasteiger partial charge in [0.15, 0.2) is 0 Å². The van der Waals surface area contributed by atoms with Crippen LogP contribution < -0.4 is 4.74 Å². The van der Waals surface area contributed by atoms with Crippen LogP contribution in [0.25, 0.3) is 11.1 Å². The van der Waals surface area contributed by atoms with Crippen LogP contribution in [0, 0.1) is 11.6 Å². The Balaban J connectivity index is 2.41. The second kappa shape index (κ2) is 5.61. The van der Waals surface area contributed by atoms with Crippen molar-refractivity contribution in [1.29, 1.82) is 0 Å². The van der Waals surface area contributed by atoms with Gasteiger partial charge in [0.1, 0.15) is 17.4 Å². The van der Waals surface area contributed by atoms with Crippen molar-refractivity contribution < 1.29 is 18.3 Å². The molecule has 0 N–H and O–H groups in total. The summed E-state index contributed by atoms with van der Waals surface area (Å²) in [6, 6.07) is 9.82. The summed E-state index contributed by atoms with van der Waals surface area (Å²) >= 11 is 0. The Morgan fingerprint density at radius 2 is 1.74 bits per heavy atom. The third-order valence-corrected chi connectivity index (χ3v) is 2.61. The minimum atomic E-state index is -0.654. The van der Waals surface area contributed by atoms with Gasteiger partial charge in [0.2, 0.25) is 0 Å². The highest BCUT2D eigenvalue weighted by Gasteiger charge is 2.12. The van der Waals surface area contributed by atoms with E-state index < -0.39 is 17.6 Å². The Bertz CT molecular complexity index is 589. The molecule has 0 unspecified atom stereocenters. The summed E-state index contributed by atoms with van der Waals surface area (Å²) in [7, 11) is 0. The summed E-state index contributed by atoms with van der Waals surface area (Å²) in [5.41, 5.74) is 0.203. The molecule has 0 bridgehead atoms. The molecule has 2 rings (SSSR count). The van der Waals surface area contributed by atoms with E-state index in [4.69, 9.17) is 4.74 Å². The molecule has 0 heterocycles. The fourth-order valence-corrected chi connectivity index (χ4v) is 1.69. The molecule has 19 heavy (non-hydrogen) atoms. The average molecular weight is 262 g/mol. The minimum Gasteiger partial charge on any atom is -0.427 e. The normalized spacial score (nSPS) is 10.3. The van der Waals surface area contributed by atoms with E-state index in [-0.39, 0.29) is 17.7 Å². The number of hydrogen-bond acceptors (Lipinski definition) is 2. The molecule has 4 heteroatoms. The van der Waals surface area contributed by atoms with Gasteiger partial charge in [-0.1, -0.05) is 25.1 Å². The zero-order chi connectivity index (χ0) is 13.8. The first-order valence-corrected chi connectivity index (χ1v) is 5.87. The van der Waals surface area contributed by atoms with Crippen molar-refractivity contribution in [2.45, 2.75) is 13.3 Å². The third kappa shape index (κ3) is 2.96.